The fourth-order valence-corrected chi connectivity index (χ4v) is 3.41. The summed E-state index contributed by atoms with van der Waals surface area (Å²) < 4.78 is 10.8. The molecular formula is C19H27NO4. The lowest BCUT2D eigenvalue weighted by molar-refractivity contribution is -0.162. The Hall–Kier alpha value is -2.04. The molecule has 1 saturated heterocycles. The summed E-state index contributed by atoms with van der Waals surface area (Å²) in [6.07, 6.45) is 0.895. The molecule has 1 aliphatic heterocycles. The number of hydrogen-bond donors (Lipinski definition) is 0. The highest BCUT2D eigenvalue weighted by atomic mass is 16.6. The van der Waals surface area contributed by atoms with E-state index in [9.17, 15) is 9.59 Å². The third-order valence-corrected chi connectivity index (χ3v) is 4.66. The van der Waals surface area contributed by atoms with Crippen molar-refractivity contribution >= 4 is 12.1 Å². The van der Waals surface area contributed by atoms with Gasteiger partial charge in [-0.15, -0.1) is 0 Å². The topological polar surface area (TPSA) is 55.8 Å². The molecule has 0 saturated carbocycles. The SMILES string of the molecule is CCOC(=O)[C@@]1(C(C)(C)C)CCCN1C(=O)OCc1ccccc1. The van der Waals surface area contributed by atoms with Crippen LogP contribution in [-0.4, -0.2) is 35.7 Å². The van der Waals surface area contributed by atoms with Gasteiger partial charge in [-0.1, -0.05) is 51.1 Å². The van der Waals surface area contributed by atoms with Gasteiger partial charge in [0.05, 0.1) is 6.61 Å². The Kier molecular flexibility index (Phi) is 5.52. The molecule has 1 aromatic rings. The molecule has 1 fully saturated rings. The van der Waals surface area contributed by atoms with Crippen molar-refractivity contribution in [3.8, 4) is 0 Å². The number of carbonyl (C=O) groups is 2. The van der Waals surface area contributed by atoms with Gasteiger partial charge >= 0.3 is 12.1 Å². The van der Waals surface area contributed by atoms with Crippen molar-refractivity contribution in [2.75, 3.05) is 13.2 Å². The van der Waals surface area contributed by atoms with E-state index in [0.29, 0.717) is 19.6 Å². The van der Waals surface area contributed by atoms with Gasteiger partial charge in [-0.3, -0.25) is 4.90 Å². The van der Waals surface area contributed by atoms with E-state index in [4.69, 9.17) is 9.47 Å². The van der Waals surface area contributed by atoms with Crippen molar-refractivity contribution in [2.45, 2.75) is 52.7 Å². The van der Waals surface area contributed by atoms with Gasteiger partial charge in [-0.25, -0.2) is 9.59 Å². The molecule has 1 aliphatic rings. The Bertz CT molecular complexity index is 579. The second-order valence-electron chi connectivity index (χ2n) is 7.13. The van der Waals surface area contributed by atoms with Gasteiger partial charge in [0, 0.05) is 6.54 Å². The number of hydrogen-bond acceptors (Lipinski definition) is 4. The first-order chi connectivity index (χ1) is 11.3. The molecular weight excluding hydrogens is 306 g/mol. The van der Waals surface area contributed by atoms with Crippen LogP contribution in [0.25, 0.3) is 0 Å². The summed E-state index contributed by atoms with van der Waals surface area (Å²) in [6.45, 7) is 8.67. The van der Waals surface area contributed by atoms with E-state index in [0.717, 1.165) is 12.0 Å². The van der Waals surface area contributed by atoms with Gasteiger partial charge in [0.25, 0.3) is 0 Å². The second-order valence-corrected chi connectivity index (χ2v) is 7.13. The molecule has 1 aromatic carbocycles. The Labute approximate surface area is 143 Å². The minimum absolute atomic E-state index is 0.194. The summed E-state index contributed by atoms with van der Waals surface area (Å²) in [5.41, 5.74) is -0.499. The first kappa shape index (κ1) is 18.3. The highest BCUT2D eigenvalue weighted by Gasteiger charge is 2.58. The molecule has 0 aromatic heterocycles. The number of benzene rings is 1. The molecule has 5 heteroatoms. The van der Waals surface area contributed by atoms with E-state index < -0.39 is 17.0 Å². The third-order valence-electron chi connectivity index (χ3n) is 4.66. The smallest absolute Gasteiger partial charge is 0.411 e. The molecule has 2 rings (SSSR count). The monoisotopic (exact) mass is 333 g/mol. The van der Waals surface area contributed by atoms with Gasteiger partial charge in [-0.2, -0.15) is 0 Å². The maximum absolute atomic E-state index is 12.7. The lowest BCUT2D eigenvalue weighted by Crippen LogP contribution is -2.61. The van der Waals surface area contributed by atoms with Crippen LogP contribution in [-0.2, 0) is 20.9 Å². The molecule has 0 spiro atoms. The van der Waals surface area contributed by atoms with Crippen molar-refractivity contribution in [3.63, 3.8) is 0 Å². The van der Waals surface area contributed by atoms with Crippen LogP contribution in [0.4, 0.5) is 4.79 Å². The summed E-state index contributed by atoms with van der Waals surface area (Å²) in [7, 11) is 0. The largest absolute Gasteiger partial charge is 0.464 e. The predicted octanol–water partition coefficient (Wildman–Crippen LogP) is 3.77. The first-order valence-corrected chi connectivity index (χ1v) is 8.48. The van der Waals surface area contributed by atoms with Gasteiger partial charge < -0.3 is 9.47 Å². The number of likely N-dealkylation sites (tertiary alicyclic amines) is 1. The molecule has 132 valence electrons. The van der Waals surface area contributed by atoms with Crippen LogP contribution in [0.5, 0.6) is 0 Å². The Morgan fingerprint density at radius 3 is 2.42 bits per heavy atom. The molecule has 1 amide bonds. The Morgan fingerprint density at radius 2 is 1.83 bits per heavy atom. The van der Waals surface area contributed by atoms with Gasteiger partial charge in [0.2, 0.25) is 0 Å². The minimum atomic E-state index is -0.975. The zero-order valence-electron chi connectivity index (χ0n) is 15.0. The average Bonchev–Trinajstić information content (AvgIpc) is 3.00. The van der Waals surface area contributed by atoms with Crippen LogP contribution < -0.4 is 0 Å². The standard InChI is InChI=1S/C19H27NO4/c1-5-23-16(21)19(18(2,3)4)12-9-13-20(19)17(22)24-14-15-10-7-6-8-11-15/h6-8,10-11H,5,9,12-14H2,1-4H3/t19-/m1/s1. The highest BCUT2D eigenvalue weighted by molar-refractivity contribution is 5.87. The lowest BCUT2D eigenvalue weighted by Gasteiger charge is -2.44. The number of nitrogens with zero attached hydrogens (tertiary/aromatic N) is 1. The number of rotatable bonds is 4. The summed E-state index contributed by atoms with van der Waals surface area (Å²) in [5, 5.41) is 0. The van der Waals surface area contributed by atoms with Crippen molar-refractivity contribution < 1.29 is 19.1 Å². The average molecular weight is 333 g/mol. The summed E-state index contributed by atoms with van der Waals surface area (Å²) in [5.74, 6) is -0.341. The van der Waals surface area contributed by atoms with Crippen LogP contribution in [0.2, 0.25) is 0 Å². The van der Waals surface area contributed by atoms with E-state index in [-0.39, 0.29) is 12.6 Å². The lowest BCUT2D eigenvalue weighted by atomic mass is 9.71. The van der Waals surface area contributed by atoms with Crippen LogP contribution in [0.15, 0.2) is 30.3 Å². The molecule has 0 unspecified atom stereocenters. The fourth-order valence-electron chi connectivity index (χ4n) is 3.41. The van der Waals surface area contributed by atoms with E-state index in [1.54, 1.807) is 11.8 Å². The molecule has 0 N–H and O–H groups in total. The van der Waals surface area contributed by atoms with E-state index in [1.165, 1.54) is 0 Å². The molecule has 0 bridgehead atoms. The van der Waals surface area contributed by atoms with E-state index >= 15 is 0 Å². The second kappa shape index (κ2) is 7.24. The van der Waals surface area contributed by atoms with Gasteiger partial charge in [0.1, 0.15) is 12.1 Å². The highest BCUT2D eigenvalue weighted by Crippen LogP contribution is 2.45. The molecule has 0 aliphatic carbocycles. The maximum Gasteiger partial charge on any atom is 0.411 e. The van der Waals surface area contributed by atoms with Crippen LogP contribution in [0.1, 0.15) is 46.1 Å². The zero-order chi connectivity index (χ0) is 17.8. The first-order valence-electron chi connectivity index (χ1n) is 8.48. The zero-order valence-corrected chi connectivity index (χ0v) is 15.0. The van der Waals surface area contributed by atoms with Crippen molar-refractivity contribution in [2.24, 2.45) is 5.41 Å². The molecule has 24 heavy (non-hydrogen) atoms. The van der Waals surface area contributed by atoms with E-state index in [2.05, 4.69) is 0 Å². The number of ether oxygens (including phenoxy) is 2. The Balaban J connectivity index is 2.19. The van der Waals surface area contributed by atoms with Crippen molar-refractivity contribution in [1.82, 2.24) is 4.90 Å². The third kappa shape index (κ3) is 3.40. The number of esters is 1. The maximum atomic E-state index is 12.7. The van der Waals surface area contributed by atoms with Crippen molar-refractivity contribution in [3.05, 3.63) is 35.9 Å². The van der Waals surface area contributed by atoms with Gasteiger partial charge in [0.15, 0.2) is 0 Å². The van der Waals surface area contributed by atoms with Crippen LogP contribution in [0, 0.1) is 5.41 Å². The Morgan fingerprint density at radius 1 is 1.17 bits per heavy atom. The quantitative estimate of drug-likeness (QED) is 0.787. The number of carbonyl (C=O) groups excluding carboxylic acids is 2. The van der Waals surface area contributed by atoms with Gasteiger partial charge in [-0.05, 0) is 30.7 Å². The summed E-state index contributed by atoms with van der Waals surface area (Å²) in [4.78, 5) is 27.0. The fraction of sp³-hybridized carbons (Fsp3) is 0.579. The van der Waals surface area contributed by atoms with Crippen LogP contribution >= 0.6 is 0 Å². The van der Waals surface area contributed by atoms with Crippen molar-refractivity contribution in [1.29, 1.82) is 0 Å². The van der Waals surface area contributed by atoms with Crippen LogP contribution in [0.3, 0.4) is 0 Å². The number of amides is 1. The molecule has 1 heterocycles. The normalized spacial score (nSPS) is 20.8. The molecule has 0 radical (unpaired) electrons. The summed E-state index contributed by atoms with van der Waals surface area (Å²) >= 11 is 0. The molecule has 5 nitrogen and oxygen atoms in total. The predicted molar refractivity (Wildman–Crippen MR) is 91.4 cm³/mol. The molecule has 1 atom stereocenters. The van der Waals surface area contributed by atoms with E-state index in [1.807, 2.05) is 51.1 Å². The summed E-state index contributed by atoms with van der Waals surface area (Å²) in [6, 6.07) is 9.52. The minimum Gasteiger partial charge on any atom is -0.464 e.